The average molecular weight is 284 g/mol. The molecule has 2 heteroatoms. The van der Waals surface area contributed by atoms with Gasteiger partial charge in [-0.3, -0.25) is 4.90 Å². The van der Waals surface area contributed by atoms with E-state index in [1.165, 1.54) is 51.7 Å². The van der Waals surface area contributed by atoms with Gasteiger partial charge >= 0.3 is 0 Å². The molecule has 2 aliphatic heterocycles. The van der Waals surface area contributed by atoms with Crippen LogP contribution in [-0.4, -0.2) is 30.6 Å². The Bertz CT molecular complexity index is 498. The lowest BCUT2D eigenvalue weighted by Crippen LogP contribution is -2.38. The van der Waals surface area contributed by atoms with Crippen molar-refractivity contribution in [3.8, 4) is 0 Å². The zero-order valence-corrected chi connectivity index (χ0v) is 13.2. The van der Waals surface area contributed by atoms with Gasteiger partial charge < -0.3 is 5.32 Å². The van der Waals surface area contributed by atoms with Crippen molar-refractivity contribution in [3.63, 3.8) is 0 Å². The van der Waals surface area contributed by atoms with Crippen LogP contribution in [-0.2, 0) is 6.42 Å². The SMILES string of the molecule is CCC1C2CNCC2CN1C1CCCCc2ccccc21. The Morgan fingerprint density at radius 2 is 2.10 bits per heavy atom. The molecule has 1 aromatic carbocycles. The highest BCUT2D eigenvalue weighted by Gasteiger charge is 2.45. The van der Waals surface area contributed by atoms with Crippen LogP contribution in [0.1, 0.15) is 49.8 Å². The van der Waals surface area contributed by atoms with Crippen molar-refractivity contribution in [2.45, 2.75) is 51.1 Å². The maximum absolute atomic E-state index is 3.62. The van der Waals surface area contributed by atoms with Crippen LogP contribution in [0.2, 0.25) is 0 Å². The normalized spacial score (nSPS) is 36.2. The Kier molecular flexibility index (Phi) is 3.76. The number of nitrogens with zero attached hydrogens (tertiary/aromatic N) is 1. The maximum Gasteiger partial charge on any atom is 0.0354 e. The van der Waals surface area contributed by atoms with Gasteiger partial charge in [0.1, 0.15) is 0 Å². The molecule has 1 aromatic rings. The molecule has 2 saturated heterocycles. The molecule has 2 heterocycles. The van der Waals surface area contributed by atoms with E-state index in [-0.39, 0.29) is 0 Å². The van der Waals surface area contributed by atoms with E-state index in [1.807, 2.05) is 0 Å². The number of rotatable bonds is 2. The van der Waals surface area contributed by atoms with Gasteiger partial charge in [-0.05, 0) is 61.7 Å². The lowest BCUT2D eigenvalue weighted by Gasteiger charge is -2.35. The smallest absolute Gasteiger partial charge is 0.0354 e. The van der Waals surface area contributed by atoms with Crippen molar-refractivity contribution in [2.24, 2.45) is 11.8 Å². The Hall–Kier alpha value is -0.860. The highest BCUT2D eigenvalue weighted by molar-refractivity contribution is 5.31. The van der Waals surface area contributed by atoms with E-state index in [0.717, 1.165) is 17.9 Å². The molecule has 114 valence electrons. The van der Waals surface area contributed by atoms with Crippen molar-refractivity contribution in [3.05, 3.63) is 35.4 Å². The largest absolute Gasteiger partial charge is 0.316 e. The van der Waals surface area contributed by atoms with Gasteiger partial charge in [0, 0.05) is 18.6 Å². The van der Waals surface area contributed by atoms with E-state index in [9.17, 15) is 0 Å². The molecule has 1 aliphatic carbocycles. The standard InChI is InChI=1S/C19H28N2/c1-2-18-17-12-20-11-15(17)13-21(18)19-10-6-4-8-14-7-3-5-9-16(14)19/h3,5,7,9,15,17-20H,2,4,6,8,10-13H2,1H3. The minimum Gasteiger partial charge on any atom is -0.316 e. The van der Waals surface area contributed by atoms with Crippen LogP contribution >= 0.6 is 0 Å². The molecule has 2 nitrogen and oxygen atoms in total. The molecule has 1 N–H and O–H groups in total. The molecule has 0 aromatic heterocycles. The van der Waals surface area contributed by atoms with E-state index < -0.39 is 0 Å². The van der Waals surface area contributed by atoms with E-state index >= 15 is 0 Å². The van der Waals surface area contributed by atoms with Crippen molar-refractivity contribution in [2.75, 3.05) is 19.6 Å². The van der Waals surface area contributed by atoms with Crippen LogP contribution in [0, 0.1) is 11.8 Å². The minimum atomic E-state index is 0.680. The average Bonchev–Trinajstić information content (AvgIpc) is 3.02. The van der Waals surface area contributed by atoms with Crippen molar-refractivity contribution < 1.29 is 0 Å². The topological polar surface area (TPSA) is 15.3 Å². The molecule has 2 fully saturated rings. The Morgan fingerprint density at radius 1 is 1.19 bits per heavy atom. The summed E-state index contributed by atoms with van der Waals surface area (Å²) >= 11 is 0. The summed E-state index contributed by atoms with van der Waals surface area (Å²) in [5.41, 5.74) is 3.26. The number of hydrogen-bond acceptors (Lipinski definition) is 2. The Balaban J connectivity index is 1.66. The fourth-order valence-electron chi connectivity index (χ4n) is 5.19. The zero-order valence-electron chi connectivity index (χ0n) is 13.2. The summed E-state index contributed by atoms with van der Waals surface area (Å²) in [5, 5.41) is 3.62. The van der Waals surface area contributed by atoms with Crippen LogP contribution in [0.5, 0.6) is 0 Å². The predicted molar refractivity (Wildman–Crippen MR) is 87.4 cm³/mol. The van der Waals surface area contributed by atoms with E-state index in [1.54, 1.807) is 11.1 Å². The van der Waals surface area contributed by atoms with Crippen LogP contribution < -0.4 is 5.32 Å². The predicted octanol–water partition coefficient (Wildman–Crippen LogP) is 3.38. The van der Waals surface area contributed by atoms with Gasteiger partial charge in [0.2, 0.25) is 0 Å². The van der Waals surface area contributed by atoms with Gasteiger partial charge in [-0.25, -0.2) is 0 Å². The van der Waals surface area contributed by atoms with Gasteiger partial charge in [0.15, 0.2) is 0 Å². The molecule has 3 aliphatic rings. The van der Waals surface area contributed by atoms with Crippen LogP contribution in [0.3, 0.4) is 0 Å². The fourth-order valence-corrected chi connectivity index (χ4v) is 5.19. The number of nitrogens with one attached hydrogen (secondary N) is 1. The van der Waals surface area contributed by atoms with Crippen molar-refractivity contribution >= 4 is 0 Å². The lowest BCUT2D eigenvalue weighted by atomic mass is 9.92. The number of aryl methyl sites for hydroxylation is 1. The monoisotopic (exact) mass is 284 g/mol. The lowest BCUT2D eigenvalue weighted by molar-refractivity contribution is 0.146. The van der Waals surface area contributed by atoms with Crippen LogP contribution in [0.4, 0.5) is 0 Å². The summed E-state index contributed by atoms with van der Waals surface area (Å²) in [7, 11) is 0. The quantitative estimate of drug-likeness (QED) is 0.838. The molecular weight excluding hydrogens is 256 g/mol. The second-order valence-electron chi connectivity index (χ2n) is 7.21. The highest BCUT2D eigenvalue weighted by Crippen LogP contribution is 2.43. The summed E-state index contributed by atoms with van der Waals surface area (Å²) in [6, 6.07) is 10.7. The Morgan fingerprint density at radius 3 is 3.00 bits per heavy atom. The summed E-state index contributed by atoms with van der Waals surface area (Å²) < 4.78 is 0. The second kappa shape index (κ2) is 5.73. The first kappa shape index (κ1) is 13.8. The third kappa shape index (κ3) is 2.33. The van der Waals surface area contributed by atoms with Crippen molar-refractivity contribution in [1.82, 2.24) is 10.2 Å². The number of fused-ring (bicyclic) bond motifs is 2. The molecule has 0 saturated carbocycles. The third-order valence-corrected chi connectivity index (χ3v) is 6.16. The first-order valence-electron chi connectivity index (χ1n) is 8.92. The summed E-state index contributed by atoms with van der Waals surface area (Å²) in [6.45, 7) is 6.19. The molecular formula is C19H28N2. The number of hydrogen-bond donors (Lipinski definition) is 1. The van der Waals surface area contributed by atoms with Gasteiger partial charge in [0.25, 0.3) is 0 Å². The van der Waals surface area contributed by atoms with E-state index in [0.29, 0.717) is 6.04 Å². The molecule has 0 radical (unpaired) electrons. The molecule has 4 rings (SSSR count). The van der Waals surface area contributed by atoms with Gasteiger partial charge in [-0.2, -0.15) is 0 Å². The van der Waals surface area contributed by atoms with Crippen LogP contribution in [0.15, 0.2) is 24.3 Å². The van der Waals surface area contributed by atoms with E-state index in [4.69, 9.17) is 0 Å². The van der Waals surface area contributed by atoms with Crippen molar-refractivity contribution in [1.29, 1.82) is 0 Å². The van der Waals surface area contributed by atoms with E-state index in [2.05, 4.69) is 41.4 Å². The van der Waals surface area contributed by atoms with Gasteiger partial charge in [-0.15, -0.1) is 0 Å². The third-order valence-electron chi connectivity index (χ3n) is 6.16. The van der Waals surface area contributed by atoms with Crippen LogP contribution in [0.25, 0.3) is 0 Å². The molecule has 4 atom stereocenters. The van der Waals surface area contributed by atoms with Gasteiger partial charge in [-0.1, -0.05) is 37.6 Å². The first-order chi connectivity index (χ1) is 10.4. The molecule has 0 spiro atoms. The summed E-state index contributed by atoms with van der Waals surface area (Å²) in [6.07, 6.45) is 6.71. The molecule has 21 heavy (non-hydrogen) atoms. The molecule has 0 amide bonds. The second-order valence-corrected chi connectivity index (χ2v) is 7.21. The Labute approximate surface area is 128 Å². The molecule has 0 bridgehead atoms. The number of likely N-dealkylation sites (tertiary alicyclic amines) is 1. The summed E-state index contributed by atoms with van der Waals surface area (Å²) in [5.74, 6) is 1.79. The minimum absolute atomic E-state index is 0.680. The fraction of sp³-hybridized carbons (Fsp3) is 0.684. The molecule has 4 unspecified atom stereocenters. The summed E-state index contributed by atoms with van der Waals surface area (Å²) in [4.78, 5) is 2.89. The number of benzene rings is 1. The maximum atomic E-state index is 3.62. The zero-order chi connectivity index (χ0) is 14.2. The highest BCUT2D eigenvalue weighted by atomic mass is 15.2. The van der Waals surface area contributed by atoms with Gasteiger partial charge in [0.05, 0.1) is 0 Å². The first-order valence-corrected chi connectivity index (χ1v) is 8.92.